The SMILES string of the molecule is O=C(NC1CCNCC1)C(CCO)c1ccccc1. The van der Waals surface area contributed by atoms with Crippen molar-refractivity contribution in [2.24, 2.45) is 0 Å². The van der Waals surface area contributed by atoms with Crippen LogP contribution in [0.4, 0.5) is 0 Å². The molecule has 0 spiro atoms. The van der Waals surface area contributed by atoms with Crippen molar-refractivity contribution in [2.75, 3.05) is 19.7 Å². The second kappa shape index (κ2) is 7.26. The standard InChI is InChI=1S/C15H22N2O2/c18-11-8-14(12-4-2-1-3-5-12)15(19)17-13-6-9-16-10-7-13/h1-5,13-14,16,18H,6-11H2,(H,17,19). The molecule has 1 aliphatic rings. The lowest BCUT2D eigenvalue weighted by atomic mass is 9.94. The maximum atomic E-state index is 12.4. The average molecular weight is 262 g/mol. The molecule has 0 radical (unpaired) electrons. The number of amides is 1. The summed E-state index contributed by atoms with van der Waals surface area (Å²) < 4.78 is 0. The molecule has 2 rings (SSSR count). The quantitative estimate of drug-likeness (QED) is 0.742. The van der Waals surface area contributed by atoms with E-state index in [4.69, 9.17) is 5.11 Å². The molecule has 0 saturated carbocycles. The number of benzene rings is 1. The maximum Gasteiger partial charge on any atom is 0.227 e. The van der Waals surface area contributed by atoms with Crippen molar-refractivity contribution in [1.82, 2.24) is 10.6 Å². The molecule has 19 heavy (non-hydrogen) atoms. The Morgan fingerprint density at radius 3 is 2.63 bits per heavy atom. The van der Waals surface area contributed by atoms with Crippen LogP contribution in [0, 0.1) is 0 Å². The minimum Gasteiger partial charge on any atom is -0.396 e. The van der Waals surface area contributed by atoms with Crippen molar-refractivity contribution in [3.63, 3.8) is 0 Å². The fourth-order valence-electron chi connectivity index (χ4n) is 2.53. The van der Waals surface area contributed by atoms with E-state index >= 15 is 0 Å². The smallest absolute Gasteiger partial charge is 0.227 e. The molecule has 0 aliphatic carbocycles. The van der Waals surface area contributed by atoms with Crippen LogP contribution in [0.25, 0.3) is 0 Å². The van der Waals surface area contributed by atoms with Gasteiger partial charge in [-0.15, -0.1) is 0 Å². The van der Waals surface area contributed by atoms with Crippen LogP contribution in [0.1, 0.15) is 30.7 Å². The van der Waals surface area contributed by atoms with E-state index in [1.807, 2.05) is 30.3 Å². The predicted molar refractivity (Wildman–Crippen MR) is 74.9 cm³/mol. The van der Waals surface area contributed by atoms with Crippen molar-refractivity contribution in [1.29, 1.82) is 0 Å². The first kappa shape index (κ1) is 14.0. The van der Waals surface area contributed by atoms with Crippen LogP contribution in [0.3, 0.4) is 0 Å². The minimum atomic E-state index is -0.249. The Kier molecular flexibility index (Phi) is 5.36. The topological polar surface area (TPSA) is 61.4 Å². The van der Waals surface area contributed by atoms with E-state index in [0.29, 0.717) is 6.42 Å². The first-order chi connectivity index (χ1) is 9.31. The molecule has 3 N–H and O–H groups in total. The molecule has 4 nitrogen and oxygen atoms in total. The Morgan fingerprint density at radius 2 is 2.00 bits per heavy atom. The summed E-state index contributed by atoms with van der Waals surface area (Å²) in [5.41, 5.74) is 0.975. The highest BCUT2D eigenvalue weighted by Gasteiger charge is 2.23. The molecule has 1 amide bonds. The number of piperidine rings is 1. The number of rotatable bonds is 5. The number of aliphatic hydroxyl groups is 1. The molecule has 1 saturated heterocycles. The fraction of sp³-hybridized carbons (Fsp3) is 0.533. The molecular formula is C15H22N2O2. The summed E-state index contributed by atoms with van der Waals surface area (Å²) in [5, 5.41) is 15.6. The highest BCUT2D eigenvalue weighted by molar-refractivity contribution is 5.83. The van der Waals surface area contributed by atoms with Crippen LogP contribution in [-0.4, -0.2) is 36.8 Å². The van der Waals surface area contributed by atoms with Gasteiger partial charge in [0, 0.05) is 12.6 Å². The van der Waals surface area contributed by atoms with Gasteiger partial charge in [-0.25, -0.2) is 0 Å². The highest BCUT2D eigenvalue weighted by Crippen LogP contribution is 2.20. The van der Waals surface area contributed by atoms with Gasteiger partial charge in [0.1, 0.15) is 0 Å². The van der Waals surface area contributed by atoms with E-state index in [2.05, 4.69) is 10.6 Å². The van der Waals surface area contributed by atoms with E-state index < -0.39 is 0 Å². The molecule has 104 valence electrons. The predicted octanol–water partition coefficient (Wildman–Crippen LogP) is 1.02. The molecule has 1 atom stereocenters. The highest BCUT2D eigenvalue weighted by atomic mass is 16.3. The third-order valence-corrected chi connectivity index (χ3v) is 3.62. The van der Waals surface area contributed by atoms with Crippen molar-refractivity contribution in [3.05, 3.63) is 35.9 Å². The fourth-order valence-corrected chi connectivity index (χ4v) is 2.53. The lowest BCUT2D eigenvalue weighted by Gasteiger charge is -2.26. The number of hydrogen-bond donors (Lipinski definition) is 3. The normalized spacial score (nSPS) is 17.9. The minimum absolute atomic E-state index is 0.0270. The Hall–Kier alpha value is -1.39. The summed E-state index contributed by atoms with van der Waals surface area (Å²) in [6.45, 7) is 1.95. The van der Waals surface area contributed by atoms with E-state index in [0.717, 1.165) is 31.5 Å². The molecule has 0 bridgehead atoms. The third-order valence-electron chi connectivity index (χ3n) is 3.62. The molecular weight excluding hydrogens is 240 g/mol. The van der Waals surface area contributed by atoms with Crippen molar-refractivity contribution < 1.29 is 9.90 Å². The summed E-state index contributed by atoms with van der Waals surface area (Å²) in [7, 11) is 0. The van der Waals surface area contributed by atoms with Crippen LogP contribution in [0.2, 0.25) is 0 Å². The van der Waals surface area contributed by atoms with Crippen LogP contribution in [0.5, 0.6) is 0 Å². The number of hydrogen-bond acceptors (Lipinski definition) is 3. The number of carbonyl (C=O) groups is 1. The van der Waals surface area contributed by atoms with E-state index in [-0.39, 0.29) is 24.5 Å². The van der Waals surface area contributed by atoms with Gasteiger partial charge in [0.25, 0.3) is 0 Å². The largest absolute Gasteiger partial charge is 0.396 e. The second-order valence-corrected chi connectivity index (χ2v) is 5.01. The Morgan fingerprint density at radius 1 is 1.32 bits per heavy atom. The Labute approximate surface area is 114 Å². The molecule has 1 heterocycles. The van der Waals surface area contributed by atoms with E-state index in [1.165, 1.54) is 0 Å². The maximum absolute atomic E-state index is 12.4. The lowest BCUT2D eigenvalue weighted by molar-refractivity contribution is -0.123. The zero-order valence-electron chi connectivity index (χ0n) is 11.1. The van der Waals surface area contributed by atoms with Gasteiger partial charge in [-0.3, -0.25) is 4.79 Å². The van der Waals surface area contributed by atoms with Crippen LogP contribution < -0.4 is 10.6 Å². The van der Waals surface area contributed by atoms with Gasteiger partial charge < -0.3 is 15.7 Å². The molecule has 1 aromatic rings. The van der Waals surface area contributed by atoms with Gasteiger partial charge in [0.2, 0.25) is 5.91 Å². The van der Waals surface area contributed by atoms with Gasteiger partial charge in [-0.1, -0.05) is 30.3 Å². The molecule has 1 unspecified atom stereocenters. The monoisotopic (exact) mass is 262 g/mol. The van der Waals surface area contributed by atoms with E-state index in [1.54, 1.807) is 0 Å². The molecule has 1 aliphatic heterocycles. The summed E-state index contributed by atoms with van der Waals surface area (Å²) in [4.78, 5) is 12.4. The zero-order valence-corrected chi connectivity index (χ0v) is 11.1. The van der Waals surface area contributed by atoms with Gasteiger partial charge >= 0.3 is 0 Å². The van der Waals surface area contributed by atoms with Crippen LogP contribution >= 0.6 is 0 Å². The molecule has 4 heteroatoms. The Balaban J connectivity index is 1.99. The second-order valence-electron chi connectivity index (χ2n) is 5.01. The zero-order chi connectivity index (χ0) is 13.5. The van der Waals surface area contributed by atoms with Gasteiger partial charge in [-0.05, 0) is 37.9 Å². The molecule has 1 aromatic carbocycles. The number of nitrogens with one attached hydrogen (secondary N) is 2. The van der Waals surface area contributed by atoms with E-state index in [9.17, 15) is 4.79 Å². The number of aliphatic hydroxyl groups excluding tert-OH is 1. The Bertz CT molecular complexity index is 388. The summed E-state index contributed by atoms with van der Waals surface area (Å²) in [6.07, 6.45) is 2.43. The van der Waals surface area contributed by atoms with Crippen molar-refractivity contribution in [3.8, 4) is 0 Å². The summed E-state index contributed by atoms with van der Waals surface area (Å²) in [6, 6.07) is 9.95. The molecule has 0 aromatic heterocycles. The molecule has 1 fully saturated rings. The third kappa shape index (κ3) is 4.04. The van der Waals surface area contributed by atoms with Crippen LogP contribution in [0.15, 0.2) is 30.3 Å². The van der Waals surface area contributed by atoms with Gasteiger partial charge in [-0.2, -0.15) is 0 Å². The van der Waals surface area contributed by atoms with Gasteiger partial charge in [0.05, 0.1) is 5.92 Å². The lowest BCUT2D eigenvalue weighted by Crippen LogP contribution is -2.44. The summed E-state index contributed by atoms with van der Waals surface area (Å²) in [5.74, 6) is -0.215. The average Bonchev–Trinajstić information content (AvgIpc) is 2.46. The first-order valence-electron chi connectivity index (χ1n) is 6.98. The van der Waals surface area contributed by atoms with Crippen molar-refractivity contribution in [2.45, 2.75) is 31.2 Å². The summed E-state index contributed by atoms with van der Waals surface area (Å²) >= 11 is 0. The van der Waals surface area contributed by atoms with Gasteiger partial charge in [0.15, 0.2) is 0 Å². The number of carbonyl (C=O) groups excluding carboxylic acids is 1. The van der Waals surface area contributed by atoms with Crippen LogP contribution in [-0.2, 0) is 4.79 Å². The first-order valence-corrected chi connectivity index (χ1v) is 6.98. The van der Waals surface area contributed by atoms with Crippen molar-refractivity contribution >= 4 is 5.91 Å².